The molecule has 1 aromatic carbocycles. The highest BCUT2D eigenvalue weighted by Gasteiger charge is 2.12. The SMILES string of the molecule is CN(C)C(=O)CCOc1cc(N)ccc1C(=O)O. The number of nitrogen functional groups attached to an aromatic ring is 1. The lowest BCUT2D eigenvalue weighted by Gasteiger charge is -2.12. The van der Waals surface area contributed by atoms with Crippen LogP contribution in [0.3, 0.4) is 0 Å². The maximum absolute atomic E-state index is 11.3. The van der Waals surface area contributed by atoms with Gasteiger partial charge in [-0.15, -0.1) is 0 Å². The summed E-state index contributed by atoms with van der Waals surface area (Å²) in [6.07, 6.45) is 0.181. The number of carboxylic acid groups (broad SMARTS) is 1. The predicted octanol–water partition coefficient (Wildman–Crippen LogP) is 0.824. The Morgan fingerprint density at radius 3 is 2.61 bits per heavy atom. The van der Waals surface area contributed by atoms with Crippen LogP contribution in [0.5, 0.6) is 5.75 Å². The lowest BCUT2D eigenvalue weighted by atomic mass is 10.2. The van der Waals surface area contributed by atoms with Gasteiger partial charge in [0.05, 0.1) is 13.0 Å². The first kappa shape index (κ1) is 13.8. The number of nitrogens with two attached hydrogens (primary N) is 1. The average Bonchev–Trinajstić information content (AvgIpc) is 2.28. The number of carbonyl (C=O) groups is 2. The quantitative estimate of drug-likeness (QED) is 0.757. The van der Waals surface area contributed by atoms with Crippen LogP contribution in [0.2, 0.25) is 0 Å². The van der Waals surface area contributed by atoms with Gasteiger partial charge in [0.15, 0.2) is 0 Å². The zero-order chi connectivity index (χ0) is 13.7. The first-order valence-corrected chi connectivity index (χ1v) is 5.37. The Balaban J connectivity index is 2.69. The molecule has 0 bridgehead atoms. The van der Waals surface area contributed by atoms with Crippen molar-refractivity contribution in [3.05, 3.63) is 23.8 Å². The van der Waals surface area contributed by atoms with Gasteiger partial charge in [0, 0.05) is 25.8 Å². The fraction of sp³-hybridized carbons (Fsp3) is 0.333. The Kier molecular flexibility index (Phi) is 4.53. The number of hydrogen-bond donors (Lipinski definition) is 2. The van der Waals surface area contributed by atoms with Gasteiger partial charge in [0.1, 0.15) is 11.3 Å². The molecule has 1 aromatic rings. The van der Waals surface area contributed by atoms with Crippen molar-refractivity contribution in [2.45, 2.75) is 6.42 Å². The van der Waals surface area contributed by atoms with E-state index in [0.29, 0.717) is 5.69 Å². The van der Waals surface area contributed by atoms with E-state index in [-0.39, 0.29) is 30.2 Å². The van der Waals surface area contributed by atoms with Crippen LogP contribution in [0, 0.1) is 0 Å². The zero-order valence-corrected chi connectivity index (χ0v) is 10.3. The molecule has 0 atom stereocenters. The van der Waals surface area contributed by atoms with Gasteiger partial charge >= 0.3 is 5.97 Å². The molecular formula is C12H16N2O4. The van der Waals surface area contributed by atoms with Gasteiger partial charge in [0.25, 0.3) is 0 Å². The lowest BCUT2D eigenvalue weighted by Crippen LogP contribution is -2.23. The topological polar surface area (TPSA) is 92.9 Å². The summed E-state index contributed by atoms with van der Waals surface area (Å²) in [5, 5.41) is 8.96. The van der Waals surface area contributed by atoms with Crippen LogP contribution in [-0.2, 0) is 4.79 Å². The Bertz CT molecular complexity index is 457. The molecule has 0 heterocycles. The first-order valence-electron chi connectivity index (χ1n) is 5.37. The van der Waals surface area contributed by atoms with E-state index in [1.165, 1.54) is 23.1 Å². The van der Waals surface area contributed by atoms with Crippen molar-refractivity contribution >= 4 is 17.6 Å². The molecule has 0 aliphatic rings. The Hall–Kier alpha value is -2.24. The molecule has 0 aliphatic heterocycles. The summed E-state index contributed by atoms with van der Waals surface area (Å²) in [5.74, 6) is -1.01. The van der Waals surface area contributed by atoms with E-state index in [2.05, 4.69) is 0 Å². The zero-order valence-electron chi connectivity index (χ0n) is 10.3. The molecule has 0 spiro atoms. The Labute approximate surface area is 105 Å². The molecule has 98 valence electrons. The molecule has 6 nitrogen and oxygen atoms in total. The maximum Gasteiger partial charge on any atom is 0.339 e. The molecule has 0 unspecified atom stereocenters. The van der Waals surface area contributed by atoms with Crippen molar-refractivity contribution in [3.8, 4) is 5.75 Å². The molecule has 0 aromatic heterocycles. The molecule has 0 saturated heterocycles. The third kappa shape index (κ3) is 3.65. The summed E-state index contributed by atoms with van der Waals surface area (Å²) in [5.41, 5.74) is 6.00. The average molecular weight is 252 g/mol. The monoisotopic (exact) mass is 252 g/mol. The maximum atomic E-state index is 11.3. The second kappa shape index (κ2) is 5.90. The third-order valence-corrected chi connectivity index (χ3v) is 2.31. The minimum absolute atomic E-state index is 0.0292. The van der Waals surface area contributed by atoms with Crippen molar-refractivity contribution in [2.24, 2.45) is 0 Å². The van der Waals surface area contributed by atoms with E-state index in [0.717, 1.165) is 0 Å². The summed E-state index contributed by atoms with van der Waals surface area (Å²) in [6.45, 7) is 0.112. The van der Waals surface area contributed by atoms with Gasteiger partial charge in [0.2, 0.25) is 5.91 Å². The summed E-state index contributed by atoms with van der Waals surface area (Å²) in [4.78, 5) is 23.7. The highest BCUT2D eigenvalue weighted by atomic mass is 16.5. The van der Waals surface area contributed by atoms with Crippen molar-refractivity contribution in [2.75, 3.05) is 26.4 Å². The standard InChI is InChI=1S/C12H16N2O4/c1-14(2)11(15)5-6-18-10-7-8(13)3-4-9(10)12(16)17/h3-4,7H,5-6,13H2,1-2H3,(H,16,17). The molecule has 0 fully saturated rings. The number of rotatable bonds is 5. The van der Waals surface area contributed by atoms with E-state index < -0.39 is 5.97 Å². The van der Waals surface area contributed by atoms with Crippen molar-refractivity contribution in [1.82, 2.24) is 4.90 Å². The number of carbonyl (C=O) groups excluding carboxylic acids is 1. The van der Waals surface area contributed by atoms with Crippen LogP contribution in [0.25, 0.3) is 0 Å². The second-order valence-corrected chi connectivity index (χ2v) is 3.95. The number of aromatic carboxylic acids is 1. The van der Waals surface area contributed by atoms with E-state index in [4.69, 9.17) is 15.6 Å². The van der Waals surface area contributed by atoms with Gasteiger partial charge in [-0.1, -0.05) is 0 Å². The number of benzene rings is 1. The number of anilines is 1. The summed E-state index contributed by atoms with van der Waals surface area (Å²) in [6, 6.07) is 4.30. The number of amides is 1. The summed E-state index contributed by atoms with van der Waals surface area (Å²) >= 11 is 0. The van der Waals surface area contributed by atoms with Gasteiger partial charge in [-0.2, -0.15) is 0 Å². The fourth-order valence-electron chi connectivity index (χ4n) is 1.31. The third-order valence-electron chi connectivity index (χ3n) is 2.31. The molecular weight excluding hydrogens is 236 g/mol. The second-order valence-electron chi connectivity index (χ2n) is 3.95. The minimum Gasteiger partial charge on any atom is -0.492 e. The molecule has 3 N–H and O–H groups in total. The van der Waals surface area contributed by atoms with E-state index >= 15 is 0 Å². The lowest BCUT2D eigenvalue weighted by molar-refractivity contribution is -0.129. The Morgan fingerprint density at radius 1 is 1.39 bits per heavy atom. The van der Waals surface area contributed by atoms with Gasteiger partial charge in [-0.05, 0) is 12.1 Å². The van der Waals surface area contributed by atoms with E-state index in [1.807, 2.05) is 0 Å². The van der Waals surface area contributed by atoms with Crippen molar-refractivity contribution in [1.29, 1.82) is 0 Å². The fourth-order valence-corrected chi connectivity index (χ4v) is 1.31. The van der Waals surface area contributed by atoms with Gasteiger partial charge in [-0.3, -0.25) is 4.79 Å². The predicted molar refractivity (Wildman–Crippen MR) is 66.6 cm³/mol. The Morgan fingerprint density at radius 2 is 2.06 bits per heavy atom. The highest BCUT2D eigenvalue weighted by Crippen LogP contribution is 2.22. The van der Waals surface area contributed by atoms with Crippen LogP contribution in [-0.4, -0.2) is 42.6 Å². The van der Waals surface area contributed by atoms with Crippen LogP contribution < -0.4 is 10.5 Å². The molecule has 0 saturated carbocycles. The number of carboxylic acids is 1. The number of ether oxygens (including phenoxy) is 1. The van der Waals surface area contributed by atoms with Crippen LogP contribution in [0.4, 0.5) is 5.69 Å². The molecule has 1 rings (SSSR count). The van der Waals surface area contributed by atoms with Gasteiger partial charge < -0.3 is 20.5 Å². The summed E-state index contributed by atoms with van der Waals surface area (Å²) in [7, 11) is 3.29. The number of hydrogen-bond acceptors (Lipinski definition) is 4. The van der Waals surface area contributed by atoms with Crippen LogP contribution in [0.1, 0.15) is 16.8 Å². The number of nitrogens with zero attached hydrogens (tertiary/aromatic N) is 1. The first-order chi connectivity index (χ1) is 8.41. The van der Waals surface area contributed by atoms with E-state index in [1.54, 1.807) is 14.1 Å². The molecule has 0 aliphatic carbocycles. The minimum atomic E-state index is -1.09. The van der Waals surface area contributed by atoms with Crippen molar-refractivity contribution in [3.63, 3.8) is 0 Å². The molecule has 6 heteroatoms. The van der Waals surface area contributed by atoms with Crippen LogP contribution in [0.15, 0.2) is 18.2 Å². The smallest absolute Gasteiger partial charge is 0.339 e. The molecule has 18 heavy (non-hydrogen) atoms. The summed E-state index contributed by atoms with van der Waals surface area (Å²) < 4.78 is 5.29. The highest BCUT2D eigenvalue weighted by molar-refractivity contribution is 5.91. The molecule has 0 radical (unpaired) electrons. The van der Waals surface area contributed by atoms with Crippen molar-refractivity contribution < 1.29 is 19.4 Å². The van der Waals surface area contributed by atoms with Crippen LogP contribution >= 0.6 is 0 Å². The van der Waals surface area contributed by atoms with Gasteiger partial charge in [-0.25, -0.2) is 4.79 Å². The van der Waals surface area contributed by atoms with E-state index in [9.17, 15) is 9.59 Å². The molecule has 1 amide bonds. The normalized spacial score (nSPS) is 9.89. The largest absolute Gasteiger partial charge is 0.492 e.